The lowest BCUT2D eigenvalue weighted by Gasteiger charge is -2.29. The maximum atomic E-state index is 11.9. The van der Waals surface area contributed by atoms with E-state index in [4.69, 9.17) is 4.74 Å². The first-order valence-electron chi connectivity index (χ1n) is 6.65. The highest BCUT2D eigenvalue weighted by atomic mass is 16.5. The molecule has 6 heteroatoms. The minimum Gasteiger partial charge on any atom is -0.378 e. The minimum atomic E-state index is -0.163. The molecule has 2 aliphatic heterocycles. The van der Waals surface area contributed by atoms with E-state index in [0.29, 0.717) is 26.3 Å². The number of morpholine rings is 1. The predicted octanol–water partition coefficient (Wildman–Crippen LogP) is 0.0407. The van der Waals surface area contributed by atoms with E-state index in [9.17, 15) is 9.59 Å². The molecular weight excluding hydrogens is 234 g/mol. The van der Waals surface area contributed by atoms with Gasteiger partial charge in [-0.3, -0.25) is 4.79 Å². The number of piperidine rings is 1. The van der Waals surface area contributed by atoms with E-state index >= 15 is 0 Å². The Labute approximate surface area is 107 Å². The molecule has 0 spiro atoms. The van der Waals surface area contributed by atoms with E-state index in [-0.39, 0.29) is 18.5 Å². The van der Waals surface area contributed by atoms with Crippen LogP contribution in [0.2, 0.25) is 0 Å². The van der Waals surface area contributed by atoms with Crippen LogP contribution in [0.5, 0.6) is 0 Å². The molecule has 2 aliphatic rings. The Hall–Kier alpha value is -1.30. The smallest absolute Gasteiger partial charge is 0.317 e. The van der Waals surface area contributed by atoms with E-state index in [1.165, 1.54) is 6.42 Å². The number of nitrogens with zero attached hydrogens (tertiary/aromatic N) is 2. The molecule has 0 aromatic heterocycles. The largest absolute Gasteiger partial charge is 0.378 e. The second kappa shape index (κ2) is 6.58. The fraction of sp³-hybridized carbons (Fsp3) is 0.833. The molecule has 0 radical (unpaired) electrons. The van der Waals surface area contributed by atoms with Gasteiger partial charge in [0.05, 0.1) is 19.8 Å². The third kappa shape index (κ3) is 3.60. The van der Waals surface area contributed by atoms with Crippen LogP contribution < -0.4 is 5.32 Å². The zero-order chi connectivity index (χ0) is 12.8. The molecule has 6 nitrogen and oxygen atoms in total. The maximum Gasteiger partial charge on any atom is 0.317 e. The molecule has 0 aromatic rings. The number of carbonyl (C=O) groups excluding carboxylic acids is 2. The van der Waals surface area contributed by atoms with Crippen molar-refractivity contribution in [3.63, 3.8) is 0 Å². The van der Waals surface area contributed by atoms with Crippen LogP contribution in [0.3, 0.4) is 0 Å². The number of carbonyl (C=O) groups is 2. The van der Waals surface area contributed by atoms with Crippen LogP contribution >= 0.6 is 0 Å². The predicted molar refractivity (Wildman–Crippen MR) is 66.2 cm³/mol. The van der Waals surface area contributed by atoms with Gasteiger partial charge in [-0.2, -0.15) is 0 Å². The van der Waals surface area contributed by atoms with Gasteiger partial charge >= 0.3 is 6.03 Å². The Morgan fingerprint density at radius 1 is 0.944 bits per heavy atom. The van der Waals surface area contributed by atoms with Crippen LogP contribution in [0.25, 0.3) is 0 Å². The summed E-state index contributed by atoms with van der Waals surface area (Å²) in [5, 5.41) is 2.69. The lowest BCUT2D eigenvalue weighted by Crippen LogP contribution is -2.49. The van der Waals surface area contributed by atoms with Crippen molar-refractivity contribution in [2.45, 2.75) is 19.3 Å². The molecule has 2 heterocycles. The average molecular weight is 255 g/mol. The third-order valence-electron chi connectivity index (χ3n) is 3.40. The van der Waals surface area contributed by atoms with Gasteiger partial charge in [0.1, 0.15) is 0 Å². The van der Waals surface area contributed by atoms with E-state index in [1.807, 2.05) is 4.90 Å². The topological polar surface area (TPSA) is 61.9 Å². The summed E-state index contributed by atoms with van der Waals surface area (Å²) < 4.78 is 5.17. The molecule has 1 N–H and O–H groups in total. The van der Waals surface area contributed by atoms with Gasteiger partial charge in [-0.25, -0.2) is 4.79 Å². The molecule has 0 unspecified atom stereocenters. The highest BCUT2D eigenvalue weighted by Crippen LogP contribution is 2.08. The lowest BCUT2D eigenvalue weighted by molar-refractivity contribution is -0.130. The quantitative estimate of drug-likeness (QED) is 0.758. The van der Waals surface area contributed by atoms with Crippen molar-refractivity contribution < 1.29 is 14.3 Å². The van der Waals surface area contributed by atoms with Gasteiger partial charge in [0.25, 0.3) is 0 Å². The molecule has 0 atom stereocenters. The number of rotatable bonds is 2. The molecule has 0 aromatic carbocycles. The Morgan fingerprint density at radius 3 is 2.28 bits per heavy atom. The molecule has 2 rings (SSSR count). The van der Waals surface area contributed by atoms with Crippen LogP contribution in [0.4, 0.5) is 4.79 Å². The van der Waals surface area contributed by atoms with Crippen LogP contribution in [0.15, 0.2) is 0 Å². The summed E-state index contributed by atoms with van der Waals surface area (Å²) in [6.45, 7) is 4.11. The van der Waals surface area contributed by atoms with Crippen molar-refractivity contribution >= 4 is 11.9 Å². The van der Waals surface area contributed by atoms with Crippen molar-refractivity contribution in [3.05, 3.63) is 0 Å². The number of hydrogen-bond donors (Lipinski definition) is 1. The Bertz CT molecular complexity index is 267. The van der Waals surface area contributed by atoms with Crippen molar-refractivity contribution in [2.24, 2.45) is 0 Å². The average Bonchev–Trinajstić information content (AvgIpc) is 2.46. The van der Waals surface area contributed by atoms with Crippen molar-refractivity contribution in [1.82, 2.24) is 15.1 Å². The fourth-order valence-electron chi connectivity index (χ4n) is 2.28. The summed E-state index contributed by atoms with van der Waals surface area (Å²) in [6, 6.07) is -0.163. The number of urea groups is 1. The van der Waals surface area contributed by atoms with Crippen LogP contribution in [-0.4, -0.2) is 67.7 Å². The standard InChI is InChI=1S/C12H21N3O3/c16-11(14-4-2-1-3-5-14)10-13-12(17)15-6-8-18-9-7-15/h1-10H2,(H,13,17). The summed E-state index contributed by atoms with van der Waals surface area (Å²) in [7, 11) is 0. The minimum absolute atomic E-state index is 0.0244. The zero-order valence-corrected chi connectivity index (χ0v) is 10.7. The monoisotopic (exact) mass is 255 g/mol. The number of nitrogens with one attached hydrogen (secondary N) is 1. The lowest BCUT2D eigenvalue weighted by atomic mass is 10.1. The Morgan fingerprint density at radius 2 is 1.61 bits per heavy atom. The Kier molecular flexibility index (Phi) is 4.81. The van der Waals surface area contributed by atoms with E-state index in [0.717, 1.165) is 25.9 Å². The van der Waals surface area contributed by atoms with Crippen molar-refractivity contribution in [2.75, 3.05) is 45.9 Å². The zero-order valence-electron chi connectivity index (χ0n) is 10.7. The van der Waals surface area contributed by atoms with E-state index < -0.39 is 0 Å². The fourth-order valence-corrected chi connectivity index (χ4v) is 2.28. The molecule has 0 bridgehead atoms. The summed E-state index contributed by atoms with van der Waals surface area (Å²) in [6.07, 6.45) is 3.34. The van der Waals surface area contributed by atoms with Crippen LogP contribution in [0.1, 0.15) is 19.3 Å². The van der Waals surface area contributed by atoms with Gasteiger partial charge in [-0.15, -0.1) is 0 Å². The summed E-state index contributed by atoms with van der Waals surface area (Å²) >= 11 is 0. The summed E-state index contributed by atoms with van der Waals surface area (Å²) in [5.74, 6) is 0.0244. The summed E-state index contributed by atoms with van der Waals surface area (Å²) in [5.41, 5.74) is 0. The highest BCUT2D eigenvalue weighted by molar-refractivity contribution is 5.84. The number of hydrogen-bond acceptors (Lipinski definition) is 3. The van der Waals surface area contributed by atoms with Crippen molar-refractivity contribution in [3.8, 4) is 0 Å². The van der Waals surface area contributed by atoms with Gasteiger partial charge < -0.3 is 19.9 Å². The second-order valence-electron chi connectivity index (χ2n) is 4.70. The molecule has 3 amide bonds. The van der Waals surface area contributed by atoms with Gasteiger partial charge in [0, 0.05) is 26.2 Å². The van der Waals surface area contributed by atoms with E-state index in [2.05, 4.69) is 5.32 Å². The molecule has 0 saturated carbocycles. The second-order valence-corrected chi connectivity index (χ2v) is 4.70. The highest BCUT2D eigenvalue weighted by Gasteiger charge is 2.20. The maximum absolute atomic E-state index is 11.9. The molecule has 2 saturated heterocycles. The van der Waals surface area contributed by atoms with Crippen LogP contribution in [0, 0.1) is 0 Å². The number of likely N-dealkylation sites (tertiary alicyclic amines) is 1. The first kappa shape index (κ1) is 13.1. The van der Waals surface area contributed by atoms with Gasteiger partial charge in [0.2, 0.25) is 5.91 Å². The third-order valence-corrected chi connectivity index (χ3v) is 3.40. The molecule has 102 valence electrons. The molecule has 18 heavy (non-hydrogen) atoms. The number of amides is 3. The first-order chi connectivity index (χ1) is 8.77. The summed E-state index contributed by atoms with van der Waals surface area (Å²) in [4.78, 5) is 27.2. The van der Waals surface area contributed by atoms with Crippen molar-refractivity contribution in [1.29, 1.82) is 0 Å². The molecule has 0 aliphatic carbocycles. The molecule has 2 fully saturated rings. The number of ether oxygens (including phenoxy) is 1. The van der Waals surface area contributed by atoms with E-state index in [1.54, 1.807) is 4.90 Å². The first-order valence-corrected chi connectivity index (χ1v) is 6.65. The van der Waals surface area contributed by atoms with Gasteiger partial charge in [0.15, 0.2) is 0 Å². The van der Waals surface area contributed by atoms with Gasteiger partial charge in [-0.1, -0.05) is 0 Å². The normalized spacial score (nSPS) is 20.7. The SMILES string of the molecule is O=C(CNC(=O)N1CCOCC1)N1CCCCC1. The Balaban J connectivity index is 1.69. The van der Waals surface area contributed by atoms with Gasteiger partial charge in [-0.05, 0) is 19.3 Å². The van der Waals surface area contributed by atoms with Crippen LogP contribution in [-0.2, 0) is 9.53 Å². The molecular formula is C12H21N3O3.